The largest absolute Gasteiger partial charge is 0.307 e. The average Bonchev–Trinajstić information content (AvgIpc) is 2.73. The number of nitrogens with one attached hydrogen (secondary N) is 1. The van der Waals surface area contributed by atoms with Crippen LogP contribution in [0.1, 0.15) is 30.5 Å². The van der Waals surface area contributed by atoms with E-state index in [4.69, 9.17) is 0 Å². The van der Waals surface area contributed by atoms with Crippen LogP contribution in [0.5, 0.6) is 0 Å². The molecule has 0 radical (unpaired) electrons. The molecule has 4 nitrogen and oxygen atoms in total. The van der Waals surface area contributed by atoms with Gasteiger partial charge in [0.2, 0.25) is 0 Å². The van der Waals surface area contributed by atoms with E-state index in [1.807, 2.05) is 5.38 Å². The number of sulfone groups is 1. The minimum Gasteiger partial charge on any atom is -0.307 e. The molecule has 17 heavy (non-hydrogen) atoms. The van der Waals surface area contributed by atoms with Gasteiger partial charge in [-0.15, -0.1) is 11.3 Å². The Morgan fingerprint density at radius 3 is 3.06 bits per heavy atom. The fourth-order valence-corrected chi connectivity index (χ4v) is 4.44. The van der Waals surface area contributed by atoms with Crippen LogP contribution in [-0.2, 0) is 22.8 Å². The number of aromatic nitrogens is 1. The Kier molecular flexibility index (Phi) is 4.17. The lowest BCUT2D eigenvalue weighted by Crippen LogP contribution is -2.39. The molecule has 1 aromatic heterocycles. The number of hydrogen-bond acceptors (Lipinski definition) is 5. The molecule has 0 saturated carbocycles. The summed E-state index contributed by atoms with van der Waals surface area (Å²) in [5.41, 5.74) is 1.02. The highest BCUT2D eigenvalue weighted by molar-refractivity contribution is 7.91. The van der Waals surface area contributed by atoms with Gasteiger partial charge >= 0.3 is 0 Å². The third-order valence-corrected chi connectivity index (χ3v) is 5.80. The summed E-state index contributed by atoms with van der Waals surface area (Å²) in [5, 5.41) is 6.48. The molecule has 1 atom stereocenters. The Bertz CT molecular complexity index is 468. The smallest absolute Gasteiger partial charge is 0.151 e. The number of aryl methyl sites for hydroxylation is 1. The Morgan fingerprint density at radius 1 is 1.59 bits per heavy atom. The summed E-state index contributed by atoms with van der Waals surface area (Å²) in [6.07, 6.45) is 2.68. The minimum absolute atomic E-state index is 0.0977. The van der Waals surface area contributed by atoms with Gasteiger partial charge in [-0.1, -0.05) is 6.92 Å². The van der Waals surface area contributed by atoms with E-state index in [0.29, 0.717) is 12.3 Å². The standard InChI is InChI=1S/C11H18N2O2S2/c1-2-11-13-10(7-16-11)6-12-9-4-3-5-17(14,15)8-9/h7,9,12H,2-6,8H2,1H3. The zero-order valence-electron chi connectivity index (χ0n) is 9.98. The van der Waals surface area contributed by atoms with Crippen LogP contribution in [0, 0.1) is 0 Å². The fraction of sp³-hybridized carbons (Fsp3) is 0.727. The van der Waals surface area contributed by atoms with E-state index >= 15 is 0 Å². The minimum atomic E-state index is -2.82. The van der Waals surface area contributed by atoms with Gasteiger partial charge in [-0.05, 0) is 19.3 Å². The third kappa shape index (κ3) is 3.76. The molecule has 1 aliphatic rings. The highest BCUT2D eigenvalue weighted by Gasteiger charge is 2.24. The van der Waals surface area contributed by atoms with Crippen molar-refractivity contribution in [3.8, 4) is 0 Å². The molecular weight excluding hydrogens is 256 g/mol. The quantitative estimate of drug-likeness (QED) is 0.901. The van der Waals surface area contributed by atoms with Crippen molar-refractivity contribution in [2.75, 3.05) is 11.5 Å². The van der Waals surface area contributed by atoms with E-state index in [-0.39, 0.29) is 11.8 Å². The molecular formula is C11H18N2O2S2. The second kappa shape index (κ2) is 5.46. The molecule has 1 N–H and O–H groups in total. The van der Waals surface area contributed by atoms with E-state index in [0.717, 1.165) is 30.0 Å². The number of rotatable bonds is 4. The van der Waals surface area contributed by atoms with E-state index < -0.39 is 9.84 Å². The topological polar surface area (TPSA) is 59.1 Å². The van der Waals surface area contributed by atoms with Crippen LogP contribution in [0.15, 0.2) is 5.38 Å². The summed E-state index contributed by atoms with van der Waals surface area (Å²) in [5.74, 6) is 0.625. The van der Waals surface area contributed by atoms with Crippen LogP contribution in [0.2, 0.25) is 0 Å². The van der Waals surface area contributed by atoms with Gasteiger partial charge in [-0.25, -0.2) is 13.4 Å². The number of nitrogens with zero attached hydrogens (tertiary/aromatic N) is 1. The van der Waals surface area contributed by atoms with E-state index in [2.05, 4.69) is 17.2 Å². The molecule has 1 fully saturated rings. The predicted octanol–water partition coefficient (Wildman–Crippen LogP) is 1.37. The summed E-state index contributed by atoms with van der Waals surface area (Å²) in [4.78, 5) is 4.46. The van der Waals surface area contributed by atoms with Crippen LogP contribution < -0.4 is 5.32 Å². The van der Waals surface area contributed by atoms with Gasteiger partial charge < -0.3 is 5.32 Å². The van der Waals surface area contributed by atoms with E-state index in [1.165, 1.54) is 0 Å². The first-order valence-corrected chi connectivity index (χ1v) is 8.66. The van der Waals surface area contributed by atoms with Gasteiger partial charge in [-0.2, -0.15) is 0 Å². The van der Waals surface area contributed by atoms with E-state index in [1.54, 1.807) is 11.3 Å². The molecule has 96 valence electrons. The van der Waals surface area contributed by atoms with Crippen molar-refractivity contribution in [3.63, 3.8) is 0 Å². The number of hydrogen-bond donors (Lipinski definition) is 1. The first-order chi connectivity index (χ1) is 8.09. The van der Waals surface area contributed by atoms with Gasteiger partial charge in [0.25, 0.3) is 0 Å². The normalized spacial score (nSPS) is 23.7. The molecule has 2 heterocycles. The van der Waals surface area contributed by atoms with Crippen molar-refractivity contribution >= 4 is 21.2 Å². The monoisotopic (exact) mass is 274 g/mol. The summed E-state index contributed by atoms with van der Waals surface area (Å²) in [6, 6.07) is 0.0977. The summed E-state index contributed by atoms with van der Waals surface area (Å²) >= 11 is 1.67. The highest BCUT2D eigenvalue weighted by atomic mass is 32.2. The molecule has 0 bridgehead atoms. The Balaban J connectivity index is 1.85. The number of thiazole rings is 1. The lowest BCUT2D eigenvalue weighted by atomic mass is 10.2. The van der Waals surface area contributed by atoms with Crippen molar-refractivity contribution in [2.45, 2.75) is 38.8 Å². The second-order valence-electron chi connectivity index (χ2n) is 4.42. The molecule has 1 aliphatic heterocycles. The maximum Gasteiger partial charge on any atom is 0.151 e. The molecule has 2 rings (SSSR count). The molecule has 0 aromatic carbocycles. The zero-order chi connectivity index (χ0) is 12.3. The van der Waals surface area contributed by atoms with E-state index in [9.17, 15) is 8.42 Å². The molecule has 6 heteroatoms. The van der Waals surface area contributed by atoms with Gasteiger partial charge in [-0.3, -0.25) is 0 Å². The van der Waals surface area contributed by atoms with Gasteiger partial charge in [0.05, 0.1) is 22.2 Å². The Labute approximate surface area is 106 Å². The lowest BCUT2D eigenvalue weighted by Gasteiger charge is -2.22. The van der Waals surface area contributed by atoms with Gasteiger partial charge in [0.15, 0.2) is 9.84 Å². The summed E-state index contributed by atoms with van der Waals surface area (Å²) in [6.45, 7) is 2.76. The fourth-order valence-electron chi connectivity index (χ4n) is 2.03. The van der Waals surface area contributed by atoms with Crippen molar-refractivity contribution in [1.82, 2.24) is 10.3 Å². The molecule has 1 saturated heterocycles. The highest BCUT2D eigenvalue weighted by Crippen LogP contribution is 2.14. The van der Waals surface area contributed by atoms with Crippen molar-refractivity contribution in [2.24, 2.45) is 0 Å². The first kappa shape index (κ1) is 13.0. The SMILES string of the molecule is CCc1nc(CNC2CCCS(=O)(=O)C2)cs1. The summed E-state index contributed by atoms with van der Waals surface area (Å²) in [7, 11) is -2.82. The van der Waals surface area contributed by atoms with Crippen LogP contribution in [0.4, 0.5) is 0 Å². The lowest BCUT2D eigenvalue weighted by molar-refractivity contribution is 0.478. The first-order valence-electron chi connectivity index (χ1n) is 5.96. The van der Waals surface area contributed by atoms with Crippen LogP contribution in [-0.4, -0.2) is 30.9 Å². The van der Waals surface area contributed by atoms with Gasteiger partial charge in [0, 0.05) is 18.0 Å². The summed E-state index contributed by atoms with van der Waals surface area (Å²) < 4.78 is 22.9. The zero-order valence-corrected chi connectivity index (χ0v) is 11.6. The maximum absolute atomic E-state index is 11.5. The van der Waals surface area contributed by atoms with Crippen molar-refractivity contribution in [1.29, 1.82) is 0 Å². The second-order valence-corrected chi connectivity index (χ2v) is 7.59. The maximum atomic E-state index is 11.5. The Hall–Kier alpha value is -0.460. The third-order valence-electron chi connectivity index (χ3n) is 2.94. The molecule has 0 spiro atoms. The molecule has 0 amide bonds. The average molecular weight is 274 g/mol. The van der Waals surface area contributed by atoms with Crippen LogP contribution >= 0.6 is 11.3 Å². The van der Waals surface area contributed by atoms with Gasteiger partial charge in [0.1, 0.15) is 0 Å². The predicted molar refractivity (Wildman–Crippen MR) is 70.0 cm³/mol. The molecule has 0 aliphatic carbocycles. The van der Waals surface area contributed by atoms with Crippen LogP contribution in [0.25, 0.3) is 0 Å². The van der Waals surface area contributed by atoms with Crippen LogP contribution in [0.3, 0.4) is 0 Å². The Morgan fingerprint density at radius 2 is 2.41 bits per heavy atom. The molecule has 1 unspecified atom stereocenters. The molecule has 1 aromatic rings. The van der Waals surface area contributed by atoms with Crippen molar-refractivity contribution in [3.05, 3.63) is 16.1 Å². The van der Waals surface area contributed by atoms with Crippen molar-refractivity contribution < 1.29 is 8.42 Å².